The van der Waals surface area contributed by atoms with Crippen molar-refractivity contribution in [1.82, 2.24) is 5.32 Å². The fourth-order valence-corrected chi connectivity index (χ4v) is 2.14. The first-order valence-electron chi connectivity index (χ1n) is 7.39. The van der Waals surface area contributed by atoms with Crippen molar-refractivity contribution in [2.75, 3.05) is 5.32 Å². The van der Waals surface area contributed by atoms with Gasteiger partial charge in [-0.2, -0.15) is 0 Å². The largest absolute Gasteiger partial charge is 0.322 e. The molecule has 0 spiro atoms. The fraction of sp³-hybridized carbons (Fsp3) is 0.158. The highest BCUT2D eigenvalue weighted by Gasteiger charge is 2.13. The van der Waals surface area contributed by atoms with Crippen LogP contribution in [0.2, 0.25) is 0 Å². The fourth-order valence-electron chi connectivity index (χ4n) is 2.14. The molecule has 0 aliphatic carbocycles. The number of rotatable bonds is 4. The molecule has 4 heteroatoms. The molecular weight excluding hydrogens is 288 g/mol. The molecule has 0 aliphatic rings. The first kappa shape index (κ1) is 16.5. The molecule has 0 atom stereocenters. The number of amides is 2. The van der Waals surface area contributed by atoms with Crippen LogP contribution in [-0.2, 0) is 9.59 Å². The molecule has 0 radical (unpaired) electrons. The Balaban J connectivity index is 2.28. The monoisotopic (exact) mass is 308 g/mol. The summed E-state index contributed by atoms with van der Waals surface area (Å²) >= 11 is 0. The summed E-state index contributed by atoms with van der Waals surface area (Å²) in [7, 11) is 0. The third-order valence-electron chi connectivity index (χ3n) is 3.52. The standard InChI is InChI=1S/C19H20N2O2/c1-13-8-7-11-17(14(13)2)21-19(23)18(20-15(3)22)12-16-9-5-4-6-10-16/h4-12H,1-3H3,(H,20,22)(H,21,23)/b18-12+. The van der Waals surface area contributed by atoms with Crippen LogP contribution in [0, 0.1) is 13.8 Å². The van der Waals surface area contributed by atoms with E-state index in [9.17, 15) is 9.59 Å². The average Bonchev–Trinajstić information content (AvgIpc) is 2.52. The van der Waals surface area contributed by atoms with E-state index in [1.807, 2.05) is 62.4 Å². The molecule has 2 aromatic rings. The highest BCUT2D eigenvalue weighted by molar-refractivity contribution is 6.08. The van der Waals surface area contributed by atoms with Crippen LogP contribution in [0.4, 0.5) is 5.69 Å². The van der Waals surface area contributed by atoms with E-state index < -0.39 is 0 Å². The van der Waals surface area contributed by atoms with Gasteiger partial charge in [-0.25, -0.2) is 0 Å². The zero-order chi connectivity index (χ0) is 16.8. The lowest BCUT2D eigenvalue weighted by atomic mass is 10.1. The second-order valence-electron chi connectivity index (χ2n) is 5.35. The molecular formula is C19H20N2O2. The van der Waals surface area contributed by atoms with Crippen molar-refractivity contribution >= 4 is 23.6 Å². The Morgan fingerprint density at radius 1 is 0.957 bits per heavy atom. The molecule has 0 aliphatic heterocycles. The van der Waals surface area contributed by atoms with Crippen molar-refractivity contribution < 1.29 is 9.59 Å². The SMILES string of the molecule is CC(=O)N/C(=C/c1ccccc1)C(=O)Nc1cccc(C)c1C. The topological polar surface area (TPSA) is 58.2 Å². The Kier molecular flexibility index (Phi) is 5.31. The molecule has 23 heavy (non-hydrogen) atoms. The van der Waals surface area contributed by atoms with Gasteiger partial charge >= 0.3 is 0 Å². The summed E-state index contributed by atoms with van der Waals surface area (Å²) < 4.78 is 0. The van der Waals surface area contributed by atoms with E-state index in [2.05, 4.69) is 10.6 Å². The molecule has 118 valence electrons. The number of benzene rings is 2. The van der Waals surface area contributed by atoms with E-state index in [1.54, 1.807) is 6.08 Å². The summed E-state index contributed by atoms with van der Waals surface area (Å²) in [6.07, 6.45) is 1.65. The van der Waals surface area contributed by atoms with Crippen molar-refractivity contribution in [3.05, 3.63) is 70.9 Å². The summed E-state index contributed by atoms with van der Waals surface area (Å²) in [5, 5.41) is 5.45. The Morgan fingerprint density at radius 2 is 1.65 bits per heavy atom. The first-order chi connectivity index (χ1) is 11.0. The summed E-state index contributed by atoms with van der Waals surface area (Å²) in [6, 6.07) is 15.1. The van der Waals surface area contributed by atoms with Crippen LogP contribution in [0.5, 0.6) is 0 Å². The van der Waals surface area contributed by atoms with Gasteiger partial charge in [0.2, 0.25) is 5.91 Å². The number of aryl methyl sites for hydroxylation is 1. The molecule has 2 aromatic carbocycles. The number of hydrogen-bond acceptors (Lipinski definition) is 2. The van der Waals surface area contributed by atoms with Gasteiger partial charge in [-0.1, -0.05) is 42.5 Å². The minimum Gasteiger partial charge on any atom is -0.322 e. The van der Waals surface area contributed by atoms with Crippen LogP contribution in [0.15, 0.2) is 54.2 Å². The number of carbonyl (C=O) groups is 2. The highest BCUT2D eigenvalue weighted by Crippen LogP contribution is 2.18. The van der Waals surface area contributed by atoms with Gasteiger partial charge in [0, 0.05) is 12.6 Å². The predicted octanol–water partition coefficient (Wildman–Crippen LogP) is 3.42. The van der Waals surface area contributed by atoms with Gasteiger partial charge in [-0.15, -0.1) is 0 Å². The van der Waals surface area contributed by atoms with Crippen molar-refractivity contribution in [1.29, 1.82) is 0 Å². The highest BCUT2D eigenvalue weighted by atomic mass is 16.2. The maximum absolute atomic E-state index is 12.5. The van der Waals surface area contributed by atoms with Crippen LogP contribution in [0.1, 0.15) is 23.6 Å². The van der Waals surface area contributed by atoms with Crippen molar-refractivity contribution in [2.45, 2.75) is 20.8 Å². The molecule has 0 fully saturated rings. The lowest BCUT2D eigenvalue weighted by molar-refractivity contribution is -0.120. The molecule has 0 saturated heterocycles. The zero-order valence-corrected chi connectivity index (χ0v) is 13.5. The van der Waals surface area contributed by atoms with Crippen LogP contribution in [0.3, 0.4) is 0 Å². The minimum atomic E-state index is -0.349. The first-order valence-corrected chi connectivity index (χ1v) is 7.39. The van der Waals surface area contributed by atoms with Gasteiger partial charge in [0.05, 0.1) is 0 Å². The molecule has 2 N–H and O–H groups in total. The summed E-state index contributed by atoms with van der Waals surface area (Å²) in [6.45, 7) is 5.31. The van der Waals surface area contributed by atoms with E-state index in [1.165, 1.54) is 6.92 Å². The summed E-state index contributed by atoms with van der Waals surface area (Å²) in [5.74, 6) is -0.638. The molecule has 2 rings (SSSR count). The molecule has 0 bridgehead atoms. The summed E-state index contributed by atoms with van der Waals surface area (Å²) in [4.78, 5) is 23.9. The Labute approximate surface area is 136 Å². The summed E-state index contributed by atoms with van der Waals surface area (Å²) in [5.41, 5.74) is 3.88. The van der Waals surface area contributed by atoms with E-state index in [0.717, 1.165) is 22.4 Å². The van der Waals surface area contributed by atoms with Crippen LogP contribution in [0.25, 0.3) is 6.08 Å². The number of carbonyl (C=O) groups excluding carboxylic acids is 2. The van der Waals surface area contributed by atoms with Gasteiger partial charge in [-0.05, 0) is 42.7 Å². The number of nitrogens with one attached hydrogen (secondary N) is 2. The Bertz CT molecular complexity index is 749. The molecule has 0 aromatic heterocycles. The third kappa shape index (κ3) is 4.54. The van der Waals surface area contributed by atoms with Crippen molar-refractivity contribution in [3.63, 3.8) is 0 Å². The number of hydrogen-bond donors (Lipinski definition) is 2. The van der Waals surface area contributed by atoms with Gasteiger partial charge < -0.3 is 10.6 Å². The zero-order valence-electron chi connectivity index (χ0n) is 13.5. The van der Waals surface area contributed by atoms with E-state index in [-0.39, 0.29) is 17.5 Å². The molecule has 2 amide bonds. The second kappa shape index (κ2) is 7.40. The van der Waals surface area contributed by atoms with E-state index in [4.69, 9.17) is 0 Å². The maximum Gasteiger partial charge on any atom is 0.272 e. The van der Waals surface area contributed by atoms with Gasteiger partial charge in [0.15, 0.2) is 0 Å². The minimum absolute atomic E-state index is 0.213. The van der Waals surface area contributed by atoms with Gasteiger partial charge in [0.25, 0.3) is 5.91 Å². The van der Waals surface area contributed by atoms with Crippen molar-refractivity contribution in [3.8, 4) is 0 Å². The van der Waals surface area contributed by atoms with Gasteiger partial charge in [0.1, 0.15) is 5.70 Å². The quantitative estimate of drug-likeness (QED) is 0.850. The number of anilines is 1. The predicted molar refractivity (Wildman–Crippen MR) is 92.8 cm³/mol. The van der Waals surface area contributed by atoms with Crippen LogP contribution >= 0.6 is 0 Å². The Morgan fingerprint density at radius 3 is 2.30 bits per heavy atom. The Hall–Kier alpha value is -2.88. The molecule has 0 saturated carbocycles. The maximum atomic E-state index is 12.5. The van der Waals surface area contributed by atoms with Crippen LogP contribution in [-0.4, -0.2) is 11.8 Å². The van der Waals surface area contributed by atoms with E-state index in [0.29, 0.717) is 0 Å². The van der Waals surface area contributed by atoms with Crippen LogP contribution < -0.4 is 10.6 Å². The van der Waals surface area contributed by atoms with Crippen molar-refractivity contribution in [2.24, 2.45) is 0 Å². The van der Waals surface area contributed by atoms with Gasteiger partial charge in [-0.3, -0.25) is 9.59 Å². The second-order valence-corrected chi connectivity index (χ2v) is 5.35. The molecule has 4 nitrogen and oxygen atoms in total. The lowest BCUT2D eigenvalue weighted by Crippen LogP contribution is -2.29. The third-order valence-corrected chi connectivity index (χ3v) is 3.52. The average molecular weight is 308 g/mol. The van der Waals surface area contributed by atoms with E-state index >= 15 is 0 Å². The molecule has 0 heterocycles. The normalized spacial score (nSPS) is 11.0. The smallest absolute Gasteiger partial charge is 0.272 e. The molecule has 0 unspecified atom stereocenters. The lowest BCUT2D eigenvalue weighted by Gasteiger charge is -2.13.